The fourth-order valence-electron chi connectivity index (χ4n) is 5.49. The van der Waals surface area contributed by atoms with Gasteiger partial charge in [0.25, 0.3) is 5.91 Å². The molecule has 0 aromatic heterocycles. The van der Waals surface area contributed by atoms with Crippen molar-refractivity contribution in [3.8, 4) is 0 Å². The molecule has 172 valence electrons. The fourth-order valence-corrected chi connectivity index (χ4v) is 5.49. The lowest BCUT2D eigenvalue weighted by Crippen LogP contribution is -2.53. The van der Waals surface area contributed by atoms with Crippen LogP contribution in [-0.2, 0) is 9.59 Å². The molecule has 2 aliphatic heterocycles. The zero-order chi connectivity index (χ0) is 22.8. The summed E-state index contributed by atoms with van der Waals surface area (Å²) in [6, 6.07) is 20.5. The number of nitrogens with zero attached hydrogens (tertiary/aromatic N) is 3. The van der Waals surface area contributed by atoms with E-state index in [-0.39, 0.29) is 24.4 Å². The van der Waals surface area contributed by atoms with E-state index in [1.54, 1.807) is 4.90 Å². The molecule has 7 heteroatoms. The second-order valence-corrected chi connectivity index (χ2v) is 9.25. The molecule has 33 heavy (non-hydrogen) atoms. The molecule has 3 aliphatic rings. The number of hydrogen-bond acceptors (Lipinski definition) is 4. The molecule has 7 nitrogen and oxygen atoms in total. The SMILES string of the molecule is O=C(CN1C(=O)NC2(CCCC2)C1=O)N1CCN(C(c2ccccc2)c2ccccc2)CC1. The average Bonchev–Trinajstić information content (AvgIpc) is 3.41. The van der Waals surface area contributed by atoms with Crippen molar-refractivity contribution < 1.29 is 14.4 Å². The van der Waals surface area contributed by atoms with Gasteiger partial charge < -0.3 is 10.2 Å². The van der Waals surface area contributed by atoms with Gasteiger partial charge in [-0.1, -0.05) is 73.5 Å². The Labute approximate surface area is 194 Å². The number of nitrogens with one attached hydrogen (secondary N) is 1. The van der Waals surface area contributed by atoms with Gasteiger partial charge in [-0.25, -0.2) is 4.79 Å². The highest BCUT2D eigenvalue weighted by Gasteiger charge is 2.52. The second kappa shape index (κ2) is 8.98. The third kappa shape index (κ3) is 4.13. The van der Waals surface area contributed by atoms with Gasteiger partial charge in [-0.05, 0) is 24.0 Å². The molecule has 1 spiro atoms. The Morgan fingerprint density at radius 1 is 0.848 bits per heavy atom. The highest BCUT2D eigenvalue weighted by atomic mass is 16.2. The number of amides is 4. The number of urea groups is 1. The number of piperazine rings is 1. The van der Waals surface area contributed by atoms with Crippen LogP contribution in [-0.4, -0.2) is 70.8 Å². The molecule has 0 unspecified atom stereocenters. The number of carbonyl (C=O) groups excluding carboxylic acids is 3. The lowest BCUT2D eigenvalue weighted by Gasteiger charge is -2.40. The van der Waals surface area contributed by atoms with Gasteiger partial charge >= 0.3 is 6.03 Å². The molecule has 0 bridgehead atoms. The van der Waals surface area contributed by atoms with Crippen molar-refractivity contribution in [2.45, 2.75) is 37.3 Å². The number of hydrogen-bond donors (Lipinski definition) is 1. The molecule has 0 radical (unpaired) electrons. The minimum absolute atomic E-state index is 0.123. The first-order chi connectivity index (χ1) is 16.1. The summed E-state index contributed by atoms with van der Waals surface area (Å²) in [5, 5.41) is 2.85. The van der Waals surface area contributed by atoms with E-state index in [1.165, 1.54) is 11.1 Å². The molecule has 4 amide bonds. The van der Waals surface area contributed by atoms with Gasteiger partial charge in [-0.3, -0.25) is 19.4 Å². The third-order valence-electron chi connectivity index (χ3n) is 7.26. The van der Waals surface area contributed by atoms with Gasteiger partial charge in [0, 0.05) is 26.2 Å². The summed E-state index contributed by atoms with van der Waals surface area (Å²) < 4.78 is 0. The van der Waals surface area contributed by atoms with E-state index in [2.05, 4.69) is 58.7 Å². The van der Waals surface area contributed by atoms with Gasteiger partial charge in [0.15, 0.2) is 0 Å². The first-order valence-corrected chi connectivity index (χ1v) is 11.8. The van der Waals surface area contributed by atoms with Crippen molar-refractivity contribution in [2.24, 2.45) is 0 Å². The quantitative estimate of drug-likeness (QED) is 0.717. The molecule has 0 atom stereocenters. The number of carbonyl (C=O) groups is 3. The molecule has 2 heterocycles. The zero-order valence-corrected chi connectivity index (χ0v) is 18.8. The van der Waals surface area contributed by atoms with Crippen LogP contribution < -0.4 is 5.32 Å². The predicted octanol–water partition coefficient (Wildman–Crippen LogP) is 2.78. The molecule has 2 saturated heterocycles. The van der Waals surface area contributed by atoms with Crippen LogP contribution in [0.2, 0.25) is 0 Å². The van der Waals surface area contributed by atoms with Gasteiger partial charge in [-0.15, -0.1) is 0 Å². The minimum atomic E-state index is -0.769. The Hall–Kier alpha value is -3.19. The zero-order valence-electron chi connectivity index (χ0n) is 18.8. The van der Waals surface area contributed by atoms with Crippen molar-refractivity contribution in [3.05, 3.63) is 71.8 Å². The summed E-state index contributed by atoms with van der Waals surface area (Å²) in [4.78, 5) is 43.6. The normalized spacial score (nSPS) is 20.6. The number of benzene rings is 2. The lowest BCUT2D eigenvalue weighted by molar-refractivity contribution is -0.140. The predicted molar refractivity (Wildman–Crippen MR) is 124 cm³/mol. The van der Waals surface area contributed by atoms with E-state index >= 15 is 0 Å². The van der Waals surface area contributed by atoms with E-state index in [1.807, 2.05) is 12.1 Å². The first-order valence-electron chi connectivity index (χ1n) is 11.8. The number of imide groups is 1. The Balaban J connectivity index is 1.24. The topological polar surface area (TPSA) is 73.0 Å². The Morgan fingerprint density at radius 3 is 1.94 bits per heavy atom. The van der Waals surface area contributed by atoms with Crippen LogP contribution >= 0.6 is 0 Å². The van der Waals surface area contributed by atoms with Crippen LogP contribution in [0.5, 0.6) is 0 Å². The first kappa shape index (κ1) is 21.6. The Morgan fingerprint density at radius 2 is 1.39 bits per heavy atom. The molecular formula is C26H30N4O3. The van der Waals surface area contributed by atoms with Crippen molar-refractivity contribution in [3.63, 3.8) is 0 Å². The molecule has 1 N–H and O–H groups in total. The fraction of sp³-hybridized carbons (Fsp3) is 0.423. The molecular weight excluding hydrogens is 416 g/mol. The van der Waals surface area contributed by atoms with Crippen LogP contribution in [0.15, 0.2) is 60.7 Å². The molecule has 5 rings (SSSR count). The summed E-state index contributed by atoms with van der Waals surface area (Å²) >= 11 is 0. The van der Waals surface area contributed by atoms with Gasteiger partial charge in [0.05, 0.1) is 6.04 Å². The third-order valence-corrected chi connectivity index (χ3v) is 7.26. The minimum Gasteiger partial charge on any atom is -0.339 e. The van der Waals surface area contributed by atoms with Crippen LogP contribution in [0.25, 0.3) is 0 Å². The lowest BCUT2D eigenvalue weighted by atomic mass is 9.96. The molecule has 3 fully saturated rings. The maximum absolute atomic E-state index is 13.0. The Kier molecular flexibility index (Phi) is 5.89. The summed E-state index contributed by atoms with van der Waals surface area (Å²) in [6.45, 7) is 2.43. The summed E-state index contributed by atoms with van der Waals surface area (Å²) in [5.74, 6) is -0.394. The van der Waals surface area contributed by atoms with Gasteiger partial charge in [0.2, 0.25) is 5.91 Å². The van der Waals surface area contributed by atoms with Crippen LogP contribution in [0.3, 0.4) is 0 Å². The maximum Gasteiger partial charge on any atom is 0.325 e. The van der Waals surface area contributed by atoms with Gasteiger partial charge in [-0.2, -0.15) is 0 Å². The van der Waals surface area contributed by atoms with E-state index in [0.29, 0.717) is 25.9 Å². The summed E-state index contributed by atoms with van der Waals surface area (Å²) in [6.07, 6.45) is 3.20. The van der Waals surface area contributed by atoms with E-state index in [0.717, 1.165) is 30.8 Å². The maximum atomic E-state index is 13.0. The highest BCUT2D eigenvalue weighted by molar-refractivity contribution is 6.09. The molecule has 1 saturated carbocycles. The smallest absolute Gasteiger partial charge is 0.325 e. The molecule has 2 aromatic carbocycles. The van der Waals surface area contributed by atoms with E-state index < -0.39 is 11.6 Å². The monoisotopic (exact) mass is 446 g/mol. The molecule has 2 aromatic rings. The Bertz CT molecular complexity index is 973. The van der Waals surface area contributed by atoms with E-state index in [9.17, 15) is 14.4 Å². The highest BCUT2D eigenvalue weighted by Crippen LogP contribution is 2.35. The largest absolute Gasteiger partial charge is 0.339 e. The van der Waals surface area contributed by atoms with Crippen molar-refractivity contribution in [1.29, 1.82) is 0 Å². The van der Waals surface area contributed by atoms with Crippen LogP contribution in [0, 0.1) is 0 Å². The standard InChI is InChI=1S/C26H30N4O3/c31-22(19-30-24(32)26(27-25(30)33)13-7-8-14-26)28-15-17-29(18-16-28)23(20-9-3-1-4-10-20)21-11-5-2-6-12-21/h1-6,9-12,23H,7-8,13-19H2,(H,27,33). The van der Waals surface area contributed by atoms with E-state index in [4.69, 9.17) is 0 Å². The summed E-state index contributed by atoms with van der Waals surface area (Å²) in [5.41, 5.74) is 1.68. The molecule has 1 aliphatic carbocycles. The van der Waals surface area contributed by atoms with Crippen molar-refractivity contribution in [1.82, 2.24) is 20.0 Å². The second-order valence-electron chi connectivity index (χ2n) is 9.25. The van der Waals surface area contributed by atoms with Crippen LogP contribution in [0.1, 0.15) is 42.9 Å². The van der Waals surface area contributed by atoms with Crippen molar-refractivity contribution in [2.75, 3.05) is 32.7 Å². The number of rotatable bonds is 5. The van der Waals surface area contributed by atoms with Crippen molar-refractivity contribution >= 4 is 17.8 Å². The average molecular weight is 447 g/mol. The summed E-state index contributed by atoms with van der Waals surface area (Å²) in [7, 11) is 0. The van der Waals surface area contributed by atoms with Crippen LogP contribution in [0.4, 0.5) is 4.79 Å². The van der Waals surface area contributed by atoms with Gasteiger partial charge in [0.1, 0.15) is 12.1 Å².